The quantitative estimate of drug-likeness (QED) is 0.690. The highest BCUT2D eigenvalue weighted by molar-refractivity contribution is 6.28. The summed E-state index contributed by atoms with van der Waals surface area (Å²) < 4.78 is 7.10. The number of hydrogen-bond donors (Lipinski definition) is 3. The molecule has 0 radical (unpaired) electrons. The van der Waals surface area contributed by atoms with E-state index in [4.69, 9.17) is 16.3 Å². The van der Waals surface area contributed by atoms with E-state index >= 15 is 0 Å². The van der Waals surface area contributed by atoms with Crippen molar-refractivity contribution in [3.63, 3.8) is 0 Å². The number of aromatic nitrogens is 4. The minimum atomic E-state index is -1.20. The molecule has 1 aliphatic heterocycles. The third kappa shape index (κ3) is 2.84. The normalized spacial score (nSPS) is 29.7. The van der Waals surface area contributed by atoms with Crippen LogP contribution in [0.2, 0.25) is 5.28 Å². The Labute approximate surface area is 155 Å². The van der Waals surface area contributed by atoms with Gasteiger partial charge >= 0.3 is 0 Å². The fourth-order valence-corrected chi connectivity index (χ4v) is 4.05. The predicted molar refractivity (Wildman–Crippen MR) is 93.2 cm³/mol. The van der Waals surface area contributed by atoms with Crippen LogP contribution in [-0.2, 0) is 4.74 Å². The number of anilines is 1. The first-order valence-corrected chi connectivity index (χ1v) is 9.15. The summed E-state index contributed by atoms with van der Waals surface area (Å²) in [6.45, 7) is -0.392. The van der Waals surface area contributed by atoms with Crippen molar-refractivity contribution in [2.75, 3.05) is 18.6 Å². The van der Waals surface area contributed by atoms with Crippen LogP contribution in [0.1, 0.15) is 37.5 Å². The summed E-state index contributed by atoms with van der Waals surface area (Å²) in [7, 11) is 1.97. The van der Waals surface area contributed by atoms with E-state index in [2.05, 4.69) is 20.0 Å². The molecule has 9 nitrogen and oxygen atoms in total. The zero-order valence-electron chi connectivity index (χ0n) is 14.4. The van der Waals surface area contributed by atoms with E-state index in [-0.39, 0.29) is 5.28 Å². The van der Waals surface area contributed by atoms with E-state index in [1.54, 1.807) is 0 Å². The molecule has 142 valence electrons. The van der Waals surface area contributed by atoms with Gasteiger partial charge in [-0.2, -0.15) is 4.98 Å². The minimum Gasteiger partial charge on any atom is -0.394 e. The SMILES string of the molecule is CN(c1nc(Cl)nn2c([C@@H]3O[C@H](CO)[C@@H](O)[C@H]3O)cnc12)C1CCCC1. The smallest absolute Gasteiger partial charge is 0.243 e. The lowest BCUT2D eigenvalue weighted by atomic mass is 10.1. The summed E-state index contributed by atoms with van der Waals surface area (Å²) in [5.74, 6) is 0.620. The summed E-state index contributed by atoms with van der Waals surface area (Å²) in [6.07, 6.45) is 1.97. The van der Waals surface area contributed by atoms with Crippen LogP contribution in [-0.4, -0.2) is 72.9 Å². The molecular formula is C16H22ClN5O4. The van der Waals surface area contributed by atoms with Gasteiger partial charge in [-0.25, -0.2) is 9.50 Å². The van der Waals surface area contributed by atoms with Gasteiger partial charge in [-0.3, -0.25) is 0 Å². The lowest BCUT2D eigenvalue weighted by Crippen LogP contribution is -2.32. The van der Waals surface area contributed by atoms with E-state index in [0.29, 0.717) is 23.2 Å². The van der Waals surface area contributed by atoms with Crippen LogP contribution in [0.5, 0.6) is 0 Å². The van der Waals surface area contributed by atoms with Crippen LogP contribution in [0.4, 0.5) is 5.82 Å². The first kappa shape index (κ1) is 17.9. The number of halogens is 1. The summed E-state index contributed by atoms with van der Waals surface area (Å²) in [4.78, 5) is 10.8. The topological polar surface area (TPSA) is 116 Å². The van der Waals surface area contributed by atoms with Gasteiger partial charge in [-0.15, -0.1) is 5.10 Å². The van der Waals surface area contributed by atoms with Crippen LogP contribution in [0.25, 0.3) is 5.65 Å². The average molecular weight is 384 g/mol. The fraction of sp³-hybridized carbons (Fsp3) is 0.688. The van der Waals surface area contributed by atoms with Gasteiger partial charge in [0.2, 0.25) is 5.28 Å². The van der Waals surface area contributed by atoms with E-state index in [1.807, 2.05) is 7.05 Å². The second-order valence-electron chi connectivity index (χ2n) is 6.93. The van der Waals surface area contributed by atoms with Crippen LogP contribution in [0, 0.1) is 0 Å². The van der Waals surface area contributed by atoms with Crippen LogP contribution < -0.4 is 4.90 Å². The molecule has 4 atom stereocenters. The van der Waals surface area contributed by atoms with Gasteiger partial charge in [0.05, 0.1) is 18.5 Å². The largest absolute Gasteiger partial charge is 0.394 e. The first-order valence-electron chi connectivity index (χ1n) is 8.77. The number of aliphatic hydroxyl groups is 3. The van der Waals surface area contributed by atoms with Crippen molar-refractivity contribution in [2.24, 2.45) is 0 Å². The summed E-state index contributed by atoms with van der Waals surface area (Å²) >= 11 is 6.14. The van der Waals surface area contributed by atoms with Crippen molar-refractivity contribution in [1.82, 2.24) is 19.6 Å². The Morgan fingerprint density at radius 3 is 2.69 bits per heavy atom. The molecule has 4 rings (SSSR count). The molecule has 10 heteroatoms. The number of hydrogen-bond acceptors (Lipinski definition) is 8. The molecule has 3 heterocycles. The van der Waals surface area contributed by atoms with Crippen molar-refractivity contribution in [3.05, 3.63) is 17.2 Å². The molecular weight excluding hydrogens is 362 g/mol. The second-order valence-corrected chi connectivity index (χ2v) is 7.27. The molecule has 26 heavy (non-hydrogen) atoms. The molecule has 0 unspecified atom stereocenters. The van der Waals surface area contributed by atoms with Gasteiger partial charge < -0.3 is 25.0 Å². The van der Waals surface area contributed by atoms with Gasteiger partial charge in [0.25, 0.3) is 0 Å². The highest BCUT2D eigenvalue weighted by Crippen LogP contribution is 2.35. The maximum absolute atomic E-state index is 10.3. The zero-order valence-corrected chi connectivity index (χ0v) is 15.1. The van der Waals surface area contributed by atoms with Gasteiger partial charge in [0, 0.05) is 13.1 Å². The highest BCUT2D eigenvalue weighted by Gasteiger charge is 2.44. The molecule has 2 aromatic rings. The third-order valence-electron chi connectivity index (χ3n) is 5.39. The van der Waals surface area contributed by atoms with Crippen LogP contribution in [0.15, 0.2) is 6.20 Å². The van der Waals surface area contributed by atoms with Gasteiger partial charge in [-0.1, -0.05) is 12.8 Å². The Balaban J connectivity index is 1.74. The molecule has 1 saturated heterocycles. The van der Waals surface area contributed by atoms with E-state index in [1.165, 1.54) is 23.6 Å². The monoisotopic (exact) mass is 383 g/mol. The number of ether oxygens (including phenoxy) is 1. The van der Waals surface area contributed by atoms with Gasteiger partial charge in [-0.05, 0) is 24.4 Å². The number of nitrogens with zero attached hydrogens (tertiary/aromatic N) is 5. The number of fused-ring (bicyclic) bond motifs is 1. The Hall–Kier alpha value is -1.52. The van der Waals surface area contributed by atoms with Crippen molar-refractivity contribution in [3.8, 4) is 0 Å². The molecule has 0 spiro atoms. The third-order valence-corrected chi connectivity index (χ3v) is 5.55. The molecule has 0 amide bonds. The van der Waals surface area contributed by atoms with Crippen molar-refractivity contribution in [1.29, 1.82) is 0 Å². The van der Waals surface area contributed by atoms with Crippen molar-refractivity contribution >= 4 is 23.1 Å². The number of rotatable bonds is 4. The molecule has 2 aromatic heterocycles. The maximum Gasteiger partial charge on any atom is 0.243 e. The average Bonchev–Trinajstić information content (AvgIpc) is 3.35. The zero-order chi connectivity index (χ0) is 18.4. The Bertz CT molecular complexity index is 796. The van der Waals surface area contributed by atoms with E-state index in [0.717, 1.165) is 12.8 Å². The Kier molecular flexibility index (Phi) is 4.74. The fourth-order valence-electron chi connectivity index (χ4n) is 3.90. The van der Waals surface area contributed by atoms with E-state index < -0.39 is 31.0 Å². The molecule has 1 saturated carbocycles. The molecule has 0 aromatic carbocycles. The summed E-state index contributed by atoms with van der Waals surface area (Å²) in [5.41, 5.74) is 0.962. The second kappa shape index (κ2) is 6.90. The Morgan fingerprint density at radius 2 is 2.04 bits per heavy atom. The predicted octanol–water partition coefficient (Wildman–Crippen LogP) is 0.310. The lowest BCUT2D eigenvalue weighted by Gasteiger charge is -2.25. The first-order chi connectivity index (χ1) is 12.5. The van der Waals surface area contributed by atoms with Gasteiger partial charge in [0.1, 0.15) is 24.4 Å². The minimum absolute atomic E-state index is 0.0586. The standard InChI is InChI=1S/C16H22ClN5O4/c1-21(8-4-2-3-5-8)15-14-18-6-9(22(14)20-16(17)19-15)13-12(25)11(24)10(7-23)26-13/h6,8,10-13,23-25H,2-5,7H2,1H3/t10-,11-,12-,13+/m1/s1. The van der Waals surface area contributed by atoms with Crippen molar-refractivity contribution < 1.29 is 20.1 Å². The van der Waals surface area contributed by atoms with Crippen LogP contribution in [0.3, 0.4) is 0 Å². The highest BCUT2D eigenvalue weighted by atomic mass is 35.5. The molecule has 2 fully saturated rings. The maximum atomic E-state index is 10.3. The number of aliphatic hydroxyl groups excluding tert-OH is 3. The summed E-state index contributed by atoms with van der Waals surface area (Å²) in [6, 6.07) is 0.374. The van der Waals surface area contributed by atoms with Crippen molar-refractivity contribution in [2.45, 2.75) is 56.1 Å². The lowest BCUT2D eigenvalue weighted by molar-refractivity contribution is -0.0244. The van der Waals surface area contributed by atoms with E-state index in [9.17, 15) is 15.3 Å². The van der Waals surface area contributed by atoms with Gasteiger partial charge in [0.15, 0.2) is 11.5 Å². The Morgan fingerprint density at radius 1 is 1.31 bits per heavy atom. The molecule has 1 aliphatic carbocycles. The molecule has 0 bridgehead atoms. The molecule has 3 N–H and O–H groups in total. The summed E-state index contributed by atoms with van der Waals surface area (Å²) in [5, 5.41) is 33.9. The molecule has 2 aliphatic rings. The number of imidazole rings is 1. The van der Waals surface area contributed by atoms with Crippen LogP contribution >= 0.6 is 11.6 Å².